The van der Waals surface area contributed by atoms with E-state index in [0.29, 0.717) is 11.6 Å². The highest BCUT2D eigenvalue weighted by Gasteiger charge is 2.12. The van der Waals surface area contributed by atoms with Gasteiger partial charge in [-0.25, -0.2) is 13.2 Å². The van der Waals surface area contributed by atoms with Crippen LogP contribution >= 0.6 is 0 Å². The lowest BCUT2D eigenvalue weighted by molar-refractivity contribution is 0.102. The lowest BCUT2D eigenvalue weighted by Crippen LogP contribution is -2.14. The number of amides is 1. The molecule has 0 aliphatic heterocycles. The summed E-state index contributed by atoms with van der Waals surface area (Å²) in [5.41, 5.74) is 0.463. The number of benzene rings is 2. The van der Waals surface area contributed by atoms with Crippen molar-refractivity contribution in [3.05, 3.63) is 65.0 Å². The van der Waals surface area contributed by atoms with Crippen LogP contribution in [0.25, 0.3) is 0 Å². The van der Waals surface area contributed by atoms with Crippen molar-refractivity contribution in [3.8, 4) is 0 Å². The standard InChI is InChI=1S/C14H10F3NO/c1-8-2-3-13(17)12(4-8)14(19)18-11-6-9(15)5-10(16)7-11/h2-7H,1H3,(H,18,19). The van der Waals surface area contributed by atoms with Crippen molar-refractivity contribution in [3.63, 3.8) is 0 Å². The molecule has 19 heavy (non-hydrogen) atoms. The minimum Gasteiger partial charge on any atom is -0.322 e. The topological polar surface area (TPSA) is 29.1 Å². The van der Waals surface area contributed by atoms with Crippen LogP contribution in [0.4, 0.5) is 18.9 Å². The Balaban J connectivity index is 2.28. The minimum atomic E-state index is -0.819. The Morgan fingerprint density at radius 3 is 2.26 bits per heavy atom. The van der Waals surface area contributed by atoms with Crippen LogP contribution in [0.2, 0.25) is 0 Å². The molecule has 0 radical (unpaired) electrons. The van der Waals surface area contributed by atoms with Gasteiger partial charge in [-0.2, -0.15) is 0 Å². The molecule has 2 aromatic carbocycles. The van der Waals surface area contributed by atoms with E-state index < -0.39 is 23.4 Å². The van der Waals surface area contributed by atoms with Gasteiger partial charge in [-0.3, -0.25) is 4.79 Å². The number of hydrogen-bond donors (Lipinski definition) is 1. The zero-order chi connectivity index (χ0) is 14.0. The third-order valence-corrected chi connectivity index (χ3v) is 2.49. The molecule has 5 heteroatoms. The molecule has 0 fully saturated rings. The van der Waals surface area contributed by atoms with Crippen LogP contribution in [-0.2, 0) is 0 Å². The number of aryl methyl sites for hydroxylation is 1. The fourth-order valence-corrected chi connectivity index (χ4v) is 1.64. The number of hydrogen-bond acceptors (Lipinski definition) is 1. The largest absolute Gasteiger partial charge is 0.322 e. The van der Waals surface area contributed by atoms with Gasteiger partial charge in [0.25, 0.3) is 5.91 Å². The van der Waals surface area contributed by atoms with Gasteiger partial charge in [0.05, 0.1) is 5.56 Å². The zero-order valence-electron chi connectivity index (χ0n) is 10.0. The number of anilines is 1. The first kappa shape index (κ1) is 13.1. The van der Waals surface area contributed by atoms with E-state index in [9.17, 15) is 18.0 Å². The predicted molar refractivity (Wildman–Crippen MR) is 65.4 cm³/mol. The van der Waals surface area contributed by atoms with Gasteiger partial charge in [-0.1, -0.05) is 11.6 Å². The molecule has 0 atom stereocenters. The molecule has 0 aliphatic rings. The summed E-state index contributed by atoms with van der Waals surface area (Å²) < 4.78 is 39.4. The summed E-state index contributed by atoms with van der Waals surface area (Å²) in [7, 11) is 0. The molecule has 0 aliphatic carbocycles. The monoisotopic (exact) mass is 265 g/mol. The molecule has 0 bridgehead atoms. The van der Waals surface area contributed by atoms with Gasteiger partial charge in [0.2, 0.25) is 0 Å². The molecule has 0 unspecified atom stereocenters. The highest BCUT2D eigenvalue weighted by atomic mass is 19.1. The van der Waals surface area contributed by atoms with Gasteiger partial charge in [0.1, 0.15) is 17.5 Å². The molecule has 1 amide bonds. The third-order valence-electron chi connectivity index (χ3n) is 2.49. The molecule has 0 saturated heterocycles. The van der Waals surface area contributed by atoms with E-state index in [-0.39, 0.29) is 11.3 Å². The van der Waals surface area contributed by atoms with Crippen LogP contribution in [0.15, 0.2) is 36.4 Å². The van der Waals surface area contributed by atoms with Crippen molar-refractivity contribution in [2.45, 2.75) is 6.92 Å². The van der Waals surface area contributed by atoms with Crippen LogP contribution in [0.1, 0.15) is 15.9 Å². The summed E-state index contributed by atoms with van der Waals surface area (Å²) in [5.74, 6) is -3.09. The van der Waals surface area contributed by atoms with Crippen LogP contribution in [0.3, 0.4) is 0 Å². The van der Waals surface area contributed by atoms with Crippen molar-refractivity contribution in [2.75, 3.05) is 5.32 Å². The van der Waals surface area contributed by atoms with Crippen molar-refractivity contribution >= 4 is 11.6 Å². The second-order valence-electron chi connectivity index (χ2n) is 4.10. The molecule has 1 N–H and O–H groups in total. The Hall–Kier alpha value is -2.30. The average molecular weight is 265 g/mol. The van der Waals surface area contributed by atoms with Gasteiger partial charge >= 0.3 is 0 Å². The maximum Gasteiger partial charge on any atom is 0.258 e. The van der Waals surface area contributed by atoms with Crippen molar-refractivity contribution in [2.24, 2.45) is 0 Å². The quantitative estimate of drug-likeness (QED) is 0.882. The van der Waals surface area contributed by atoms with E-state index in [2.05, 4.69) is 5.32 Å². The molecule has 0 saturated carbocycles. The SMILES string of the molecule is Cc1ccc(F)c(C(=O)Nc2cc(F)cc(F)c2)c1. The van der Waals surface area contributed by atoms with Crippen LogP contribution in [0, 0.1) is 24.4 Å². The number of nitrogens with one attached hydrogen (secondary N) is 1. The van der Waals surface area contributed by atoms with Gasteiger partial charge in [-0.15, -0.1) is 0 Å². The van der Waals surface area contributed by atoms with Gasteiger partial charge < -0.3 is 5.32 Å². The first-order valence-electron chi connectivity index (χ1n) is 5.49. The van der Waals surface area contributed by atoms with E-state index in [1.165, 1.54) is 12.1 Å². The summed E-state index contributed by atoms with van der Waals surface area (Å²) in [4.78, 5) is 11.8. The maximum atomic E-state index is 13.5. The summed E-state index contributed by atoms with van der Waals surface area (Å²) >= 11 is 0. The smallest absolute Gasteiger partial charge is 0.258 e. The summed E-state index contributed by atoms with van der Waals surface area (Å²) in [6, 6.07) is 6.64. The van der Waals surface area contributed by atoms with E-state index in [1.54, 1.807) is 6.92 Å². The molecule has 2 aromatic rings. The van der Waals surface area contributed by atoms with E-state index in [0.717, 1.165) is 18.2 Å². The third kappa shape index (κ3) is 3.13. The molecule has 0 spiro atoms. The van der Waals surface area contributed by atoms with Crippen LogP contribution in [-0.4, -0.2) is 5.91 Å². The minimum absolute atomic E-state index is 0.0663. The Morgan fingerprint density at radius 2 is 1.63 bits per heavy atom. The number of carbonyl (C=O) groups is 1. The normalized spacial score (nSPS) is 10.3. The fourth-order valence-electron chi connectivity index (χ4n) is 1.64. The van der Waals surface area contributed by atoms with Crippen LogP contribution in [0.5, 0.6) is 0 Å². The molecule has 2 rings (SSSR count). The van der Waals surface area contributed by atoms with Gasteiger partial charge in [0.15, 0.2) is 0 Å². The fraction of sp³-hybridized carbons (Fsp3) is 0.0714. The highest BCUT2D eigenvalue weighted by Crippen LogP contribution is 2.16. The Bertz CT molecular complexity index is 620. The zero-order valence-corrected chi connectivity index (χ0v) is 10.0. The predicted octanol–water partition coefficient (Wildman–Crippen LogP) is 3.66. The second kappa shape index (κ2) is 5.14. The molecule has 2 nitrogen and oxygen atoms in total. The van der Waals surface area contributed by atoms with Crippen LogP contribution < -0.4 is 5.32 Å². The molecular weight excluding hydrogens is 255 g/mol. The second-order valence-corrected chi connectivity index (χ2v) is 4.10. The van der Waals surface area contributed by atoms with E-state index in [1.807, 2.05) is 0 Å². The average Bonchev–Trinajstić information content (AvgIpc) is 2.30. The van der Waals surface area contributed by atoms with Gasteiger partial charge in [0, 0.05) is 11.8 Å². The lowest BCUT2D eigenvalue weighted by atomic mass is 10.1. The maximum absolute atomic E-state index is 13.5. The van der Waals surface area contributed by atoms with Gasteiger partial charge in [-0.05, 0) is 31.2 Å². The number of halogens is 3. The summed E-state index contributed by atoms with van der Waals surface area (Å²) in [6.07, 6.45) is 0. The number of rotatable bonds is 2. The van der Waals surface area contributed by atoms with Crippen molar-refractivity contribution < 1.29 is 18.0 Å². The van der Waals surface area contributed by atoms with E-state index in [4.69, 9.17) is 0 Å². The Morgan fingerprint density at radius 1 is 1.00 bits per heavy atom. The van der Waals surface area contributed by atoms with E-state index >= 15 is 0 Å². The first-order chi connectivity index (χ1) is 8.95. The Kier molecular flexibility index (Phi) is 3.55. The highest BCUT2D eigenvalue weighted by molar-refractivity contribution is 6.04. The molecule has 0 heterocycles. The first-order valence-corrected chi connectivity index (χ1v) is 5.49. The lowest BCUT2D eigenvalue weighted by Gasteiger charge is -2.07. The molecule has 0 aromatic heterocycles. The number of carbonyl (C=O) groups excluding carboxylic acids is 1. The molecule has 98 valence electrons. The van der Waals surface area contributed by atoms with Crippen molar-refractivity contribution in [1.82, 2.24) is 0 Å². The summed E-state index contributed by atoms with van der Waals surface area (Å²) in [5, 5.41) is 2.25. The summed E-state index contributed by atoms with van der Waals surface area (Å²) in [6.45, 7) is 1.71. The van der Waals surface area contributed by atoms with Crippen molar-refractivity contribution in [1.29, 1.82) is 0 Å². The molecular formula is C14H10F3NO. The Labute approximate surface area is 107 Å².